The monoisotopic (exact) mass is 215 g/mol. The van der Waals surface area contributed by atoms with Crippen LogP contribution in [0, 0.1) is 0 Å². The molecule has 78 valence electrons. The minimum Gasteiger partial charge on any atom is -0.384 e. The molecule has 2 unspecified atom stereocenters. The first kappa shape index (κ1) is 10.0. The lowest BCUT2D eigenvalue weighted by molar-refractivity contribution is -0.106. The van der Waals surface area contributed by atoms with E-state index in [1.165, 1.54) is 11.5 Å². The van der Waals surface area contributed by atoms with Gasteiger partial charge >= 0.3 is 0 Å². The molecule has 1 saturated heterocycles. The summed E-state index contributed by atoms with van der Waals surface area (Å²) >= 11 is 1.33. The van der Waals surface area contributed by atoms with Gasteiger partial charge in [-0.2, -0.15) is 4.37 Å². The lowest BCUT2D eigenvalue weighted by Crippen LogP contribution is -2.39. The maximum atomic E-state index is 10.1. The van der Waals surface area contributed by atoms with Crippen molar-refractivity contribution < 1.29 is 14.6 Å². The largest absolute Gasteiger partial charge is 0.384 e. The molecule has 0 aromatic carbocycles. The summed E-state index contributed by atoms with van der Waals surface area (Å²) in [5.74, 6) is 0. The molecule has 1 aliphatic rings. The summed E-state index contributed by atoms with van der Waals surface area (Å²) in [5, 5.41) is 11.9. The lowest BCUT2D eigenvalue weighted by Gasteiger charge is -2.30. The van der Waals surface area contributed by atoms with E-state index in [2.05, 4.69) is 4.37 Å². The van der Waals surface area contributed by atoms with Crippen LogP contribution in [0.4, 0.5) is 0 Å². The summed E-state index contributed by atoms with van der Waals surface area (Å²) in [6.07, 6.45) is 0.0172. The molecule has 5 heteroatoms. The minimum atomic E-state index is -0.693. The summed E-state index contributed by atoms with van der Waals surface area (Å²) in [5.41, 5.74) is 0.0657. The fraction of sp³-hybridized carbons (Fsp3) is 0.667. The van der Waals surface area contributed by atoms with Crippen LogP contribution in [0.2, 0.25) is 0 Å². The minimum absolute atomic E-state index is 0.433. The Bertz CT molecular complexity index is 282. The maximum absolute atomic E-state index is 10.1. The Hall–Kier alpha value is -0.490. The van der Waals surface area contributed by atoms with Crippen LogP contribution in [0.1, 0.15) is 18.2 Å². The van der Waals surface area contributed by atoms with Crippen molar-refractivity contribution in [2.75, 3.05) is 20.3 Å². The van der Waals surface area contributed by atoms with Crippen molar-refractivity contribution >= 4 is 11.5 Å². The van der Waals surface area contributed by atoms with Gasteiger partial charge in [-0.1, -0.05) is 0 Å². The van der Waals surface area contributed by atoms with Crippen molar-refractivity contribution in [1.82, 2.24) is 4.37 Å². The van der Waals surface area contributed by atoms with Crippen LogP contribution in [-0.4, -0.2) is 35.4 Å². The molecule has 2 atom stereocenters. The Morgan fingerprint density at radius 3 is 3.14 bits per heavy atom. The first-order chi connectivity index (χ1) is 6.78. The first-order valence-corrected chi connectivity index (χ1v) is 5.33. The number of methoxy groups -OCH3 is 1. The summed E-state index contributed by atoms with van der Waals surface area (Å²) in [6.45, 7) is 1.07. The highest BCUT2D eigenvalue weighted by Gasteiger charge is 2.43. The van der Waals surface area contributed by atoms with Gasteiger partial charge in [-0.05, 0) is 17.6 Å². The van der Waals surface area contributed by atoms with Crippen molar-refractivity contribution in [1.29, 1.82) is 0 Å². The molecule has 0 bridgehead atoms. The smallest absolute Gasteiger partial charge is 0.128 e. The zero-order valence-electron chi connectivity index (χ0n) is 7.97. The molecule has 0 saturated carbocycles. The van der Waals surface area contributed by atoms with Gasteiger partial charge in [0.1, 0.15) is 11.7 Å². The molecular formula is C9H13NO3S. The summed E-state index contributed by atoms with van der Waals surface area (Å²) in [4.78, 5) is 0. The predicted octanol–water partition coefficient (Wildman–Crippen LogP) is 0.982. The Kier molecular flexibility index (Phi) is 2.83. The molecule has 2 heterocycles. The fourth-order valence-electron chi connectivity index (χ4n) is 1.68. The first-order valence-electron chi connectivity index (χ1n) is 4.50. The molecular weight excluding hydrogens is 202 g/mol. The summed E-state index contributed by atoms with van der Waals surface area (Å²) in [6, 6.07) is 1.81. The Morgan fingerprint density at radius 2 is 2.64 bits per heavy atom. The molecule has 0 aliphatic carbocycles. The molecule has 0 radical (unpaired) electrons. The number of hydrogen-bond donors (Lipinski definition) is 1. The molecule has 0 amide bonds. The van der Waals surface area contributed by atoms with E-state index in [1.54, 1.807) is 7.11 Å². The predicted molar refractivity (Wildman–Crippen MR) is 52.2 cm³/mol. The molecule has 0 spiro atoms. The Morgan fingerprint density at radius 1 is 1.79 bits per heavy atom. The number of aromatic nitrogens is 1. The van der Waals surface area contributed by atoms with Crippen LogP contribution >= 0.6 is 11.5 Å². The van der Waals surface area contributed by atoms with E-state index in [9.17, 15) is 5.11 Å². The normalized spacial score (nSPS) is 29.3. The highest BCUT2D eigenvalue weighted by atomic mass is 32.1. The summed E-state index contributed by atoms with van der Waals surface area (Å²) < 4.78 is 14.7. The molecule has 14 heavy (non-hydrogen) atoms. The van der Waals surface area contributed by atoms with E-state index in [0.29, 0.717) is 25.3 Å². The molecule has 2 rings (SSSR count). The Balaban J connectivity index is 2.19. The van der Waals surface area contributed by atoms with Crippen molar-refractivity contribution in [2.24, 2.45) is 0 Å². The SMILES string of the molecule is COC1(C(O)c2ccsn2)CCOC1. The standard InChI is InChI=1S/C9H13NO3S/c1-12-9(3-4-13-6-9)8(11)7-2-5-14-10-7/h2,5,8,11H,3-4,6H2,1H3. The average molecular weight is 215 g/mol. The number of hydrogen-bond acceptors (Lipinski definition) is 5. The van der Waals surface area contributed by atoms with Gasteiger partial charge in [-0.15, -0.1) is 0 Å². The second kappa shape index (κ2) is 3.94. The molecule has 4 nitrogen and oxygen atoms in total. The van der Waals surface area contributed by atoms with Gasteiger partial charge < -0.3 is 14.6 Å². The van der Waals surface area contributed by atoms with Gasteiger partial charge in [0.15, 0.2) is 0 Å². The van der Waals surface area contributed by atoms with Crippen molar-refractivity contribution in [3.05, 3.63) is 17.1 Å². The molecule has 1 aliphatic heterocycles. The van der Waals surface area contributed by atoms with Crippen LogP contribution in [0.15, 0.2) is 11.4 Å². The summed E-state index contributed by atoms with van der Waals surface area (Å²) in [7, 11) is 1.60. The van der Waals surface area contributed by atoms with E-state index in [4.69, 9.17) is 9.47 Å². The van der Waals surface area contributed by atoms with Crippen LogP contribution in [-0.2, 0) is 9.47 Å². The molecule has 1 fully saturated rings. The van der Waals surface area contributed by atoms with E-state index < -0.39 is 11.7 Å². The third-order valence-corrected chi connectivity index (χ3v) is 3.23. The van der Waals surface area contributed by atoms with Crippen LogP contribution in [0.5, 0.6) is 0 Å². The van der Waals surface area contributed by atoms with E-state index >= 15 is 0 Å². The highest BCUT2D eigenvalue weighted by Crippen LogP contribution is 2.35. The number of nitrogens with zero attached hydrogens (tertiary/aromatic N) is 1. The van der Waals surface area contributed by atoms with Crippen LogP contribution in [0.25, 0.3) is 0 Å². The van der Waals surface area contributed by atoms with Crippen LogP contribution < -0.4 is 0 Å². The van der Waals surface area contributed by atoms with Gasteiger partial charge in [0.05, 0.1) is 12.3 Å². The number of rotatable bonds is 3. The fourth-order valence-corrected chi connectivity index (χ4v) is 2.23. The van der Waals surface area contributed by atoms with Crippen molar-refractivity contribution in [3.63, 3.8) is 0 Å². The van der Waals surface area contributed by atoms with E-state index in [1.807, 2.05) is 11.4 Å². The van der Waals surface area contributed by atoms with E-state index in [-0.39, 0.29) is 0 Å². The number of aliphatic hydroxyl groups excluding tert-OH is 1. The topological polar surface area (TPSA) is 51.6 Å². The number of ether oxygens (including phenoxy) is 2. The average Bonchev–Trinajstić information content (AvgIpc) is 2.89. The van der Waals surface area contributed by atoms with Crippen LogP contribution in [0.3, 0.4) is 0 Å². The molecule has 1 aromatic heterocycles. The Labute approximate surface area is 86.6 Å². The van der Waals surface area contributed by atoms with Gasteiger partial charge in [-0.25, -0.2) is 0 Å². The molecule has 1 aromatic rings. The third-order valence-electron chi connectivity index (χ3n) is 2.66. The second-order valence-corrected chi connectivity index (χ2v) is 4.06. The maximum Gasteiger partial charge on any atom is 0.128 e. The van der Waals surface area contributed by atoms with Gasteiger partial charge in [-0.3, -0.25) is 0 Å². The van der Waals surface area contributed by atoms with Crippen molar-refractivity contribution in [3.8, 4) is 0 Å². The van der Waals surface area contributed by atoms with Crippen molar-refractivity contribution in [2.45, 2.75) is 18.1 Å². The lowest BCUT2D eigenvalue weighted by atomic mass is 9.93. The zero-order valence-corrected chi connectivity index (χ0v) is 8.79. The highest BCUT2D eigenvalue weighted by molar-refractivity contribution is 7.03. The third kappa shape index (κ3) is 1.56. The van der Waals surface area contributed by atoms with Gasteiger partial charge in [0.2, 0.25) is 0 Å². The van der Waals surface area contributed by atoms with Gasteiger partial charge in [0, 0.05) is 25.5 Å². The zero-order chi connectivity index (χ0) is 10.0. The second-order valence-electron chi connectivity index (χ2n) is 3.40. The van der Waals surface area contributed by atoms with E-state index in [0.717, 1.165) is 0 Å². The quantitative estimate of drug-likeness (QED) is 0.816. The molecule has 1 N–H and O–H groups in total. The number of aliphatic hydroxyl groups is 1. The van der Waals surface area contributed by atoms with Gasteiger partial charge in [0.25, 0.3) is 0 Å².